The first-order valence-corrected chi connectivity index (χ1v) is 5.91. The fourth-order valence-corrected chi connectivity index (χ4v) is 1.93. The summed E-state index contributed by atoms with van der Waals surface area (Å²) in [6.45, 7) is 4.55. The van der Waals surface area contributed by atoms with Crippen molar-refractivity contribution in [1.29, 1.82) is 0 Å². The summed E-state index contributed by atoms with van der Waals surface area (Å²) in [5.74, 6) is 0.897. The number of carbonyl (C=O) groups excluding carboxylic acids is 1. The third-order valence-electron chi connectivity index (χ3n) is 3.63. The van der Waals surface area contributed by atoms with Crippen molar-refractivity contribution >= 4 is 5.78 Å². The number of Topliss-reactive ketones (excluding diaryl/α,β-unsaturated/α-hetero) is 1. The van der Waals surface area contributed by atoms with E-state index < -0.39 is 5.54 Å². The molecular weight excluding hydrogens is 214 g/mol. The Morgan fingerprint density at radius 1 is 1.35 bits per heavy atom. The monoisotopic (exact) mass is 233 g/mol. The van der Waals surface area contributed by atoms with Gasteiger partial charge in [0.25, 0.3) is 0 Å². The van der Waals surface area contributed by atoms with E-state index in [2.05, 4.69) is 0 Å². The number of carbonyl (C=O) groups is 1. The lowest BCUT2D eigenvalue weighted by Crippen LogP contribution is -2.45. The summed E-state index contributed by atoms with van der Waals surface area (Å²) in [4.78, 5) is 14.5. The number of hydrogen-bond donors (Lipinski definition) is 0. The van der Waals surface area contributed by atoms with Gasteiger partial charge < -0.3 is 4.74 Å². The summed E-state index contributed by atoms with van der Waals surface area (Å²) < 4.78 is 5.59. The minimum Gasteiger partial charge on any atom is -0.492 e. The molecule has 3 nitrogen and oxygen atoms in total. The van der Waals surface area contributed by atoms with Crippen LogP contribution in [0, 0.1) is 0 Å². The van der Waals surface area contributed by atoms with Gasteiger partial charge in [-0.05, 0) is 39.6 Å². The number of nitrogens with zero attached hydrogens (tertiary/aromatic N) is 1. The third-order valence-corrected chi connectivity index (χ3v) is 3.63. The molecular formula is C14H19NO2. The summed E-state index contributed by atoms with van der Waals surface area (Å²) in [7, 11) is 3.84. The van der Waals surface area contributed by atoms with E-state index in [0.717, 1.165) is 17.7 Å². The van der Waals surface area contributed by atoms with Crippen LogP contribution < -0.4 is 4.74 Å². The van der Waals surface area contributed by atoms with Gasteiger partial charge in [-0.25, -0.2) is 0 Å². The lowest BCUT2D eigenvalue weighted by atomic mass is 9.90. The van der Waals surface area contributed by atoms with Crippen LogP contribution in [0.5, 0.6) is 5.75 Å². The molecule has 1 heterocycles. The predicted molar refractivity (Wildman–Crippen MR) is 67.7 cm³/mol. The number of fused-ring (bicyclic) bond motifs is 1. The van der Waals surface area contributed by atoms with Gasteiger partial charge in [0.2, 0.25) is 0 Å². The van der Waals surface area contributed by atoms with Gasteiger partial charge in [0.15, 0.2) is 5.78 Å². The van der Waals surface area contributed by atoms with Crippen LogP contribution in [0.25, 0.3) is 0 Å². The molecule has 0 unspecified atom stereocenters. The Labute approximate surface area is 102 Å². The van der Waals surface area contributed by atoms with Gasteiger partial charge in [-0.1, -0.05) is 12.1 Å². The summed E-state index contributed by atoms with van der Waals surface area (Å²) in [5, 5.41) is 0. The molecule has 0 fully saturated rings. The van der Waals surface area contributed by atoms with Crippen molar-refractivity contribution in [3.63, 3.8) is 0 Å². The van der Waals surface area contributed by atoms with E-state index in [4.69, 9.17) is 4.74 Å². The van der Waals surface area contributed by atoms with Gasteiger partial charge >= 0.3 is 0 Å². The second-order valence-electron chi connectivity index (χ2n) is 5.17. The maximum Gasteiger partial charge on any atom is 0.186 e. The number of ether oxygens (including phenoxy) is 1. The van der Waals surface area contributed by atoms with Crippen LogP contribution in [0.3, 0.4) is 0 Å². The number of hydrogen-bond acceptors (Lipinski definition) is 3. The molecule has 0 amide bonds. The SMILES string of the molecule is CN(C)C(C)(C)C(=O)c1cccc2c1OCC2. The van der Waals surface area contributed by atoms with Crippen LogP contribution in [0.15, 0.2) is 18.2 Å². The predicted octanol–water partition coefficient (Wildman–Crippen LogP) is 2.14. The molecule has 0 aliphatic carbocycles. The maximum atomic E-state index is 12.5. The van der Waals surface area contributed by atoms with Crippen LogP contribution in [-0.2, 0) is 6.42 Å². The van der Waals surface area contributed by atoms with Crippen LogP contribution in [0.1, 0.15) is 29.8 Å². The van der Waals surface area contributed by atoms with Crippen molar-refractivity contribution in [1.82, 2.24) is 4.90 Å². The molecule has 3 heteroatoms. The Morgan fingerprint density at radius 2 is 2.06 bits per heavy atom. The normalized spacial score (nSPS) is 14.6. The van der Waals surface area contributed by atoms with Crippen molar-refractivity contribution in [2.75, 3.05) is 20.7 Å². The quantitative estimate of drug-likeness (QED) is 0.749. The van der Waals surface area contributed by atoms with E-state index in [0.29, 0.717) is 12.2 Å². The van der Waals surface area contributed by atoms with Gasteiger partial charge in [0.05, 0.1) is 17.7 Å². The Balaban J connectivity index is 2.42. The highest BCUT2D eigenvalue weighted by molar-refractivity contribution is 6.05. The number of likely N-dealkylation sites (N-methyl/N-ethyl adjacent to an activating group) is 1. The molecule has 1 aromatic rings. The molecule has 0 radical (unpaired) electrons. The molecule has 1 aliphatic heterocycles. The Hall–Kier alpha value is -1.35. The van der Waals surface area contributed by atoms with E-state index in [9.17, 15) is 4.79 Å². The number of rotatable bonds is 3. The number of ketones is 1. The standard InChI is InChI=1S/C14H19NO2/c1-14(2,15(3)4)13(16)11-7-5-6-10-8-9-17-12(10)11/h5-7H,8-9H2,1-4H3. The fourth-order valence-electron chi connectivity index (χ4n) is 1.93. The molecule has 2 rings (SSSR count). The molecule has 0 aromatic heterocycles. The van der Waals surface area contributed by atoms with E-state index in [1.54, 1.807) is 0 Å². The largest absolute Gasteiger partial charge is 0.492 e. The Kier molecular flexibility index (Phi) is 2.96. The number of benzene rings is 1. The molecule has 1 aliphatic rings. The first-order chi connectivity index (χ1) is 7.94. The minimum atomic E-state index is -0.513. The van der Waals surface area contributed by atoms with Crippen LogP contribution in [0.4, 0.5) is 0 Å². The molecule has 17 heavy (non-hydrogen) atoms. The second kappa shape index (κ2) is 4.15. The molecule has 0 N–H and O–H groups in total. The Morgan fingerprint density at radius 3 is 2.71 bits per heavy atom. The summed E-state index contributed by atoms with van der Waals surface area (Å²) in [6, 6.07) is 5.83. The van der Waals surface area contributed by atoms with E-state index in [1.807, 2.05) is 51.0 Å². The van der Waals surface area contributed by atoms with Gasteiger partial charge in [-0.3, -0.25) is 9.69 Å². The van der Waals surface area contributed by atoms with Crippen molar-refractivity contribution in [2.45, 2.75) is 25.8 Å². The number of para-hydroxylation sites is 1. The fraction of sp³-hybridized carbons (Fsp3) is 0.500. The Bertz CT molecular complexity index is 450. The van der Waals surface area contributed by atoms with Crippen molar-refractivity contribution in [2.24, 2.45) is 0 Å². The minimum absolute atomic E-state index is 0.112. The zero-order valence-corrected chi connectivity index (χ0v) is 10.9. The van der Waals surface area contributed by atoms with E-state index in [1.165, 1.54) is 0 Å². The smallest absolute Gasteiger partial charge is 0.186 e. The molecule has 0 saturated carbocycles. The van der Waals surface area contributed by atoms with Gasteiger partial charge in [0.1, 0.15) is 5.75 Å². The summed E-state index contributed by atoms with van der Waals surface area (Å²) >= 11 is 0. The molecule has 1 aromatic carbocycles. The molecule has 0 spiro atoms. The third kappa shape index (κ3) is 1.95. The second-order valence-corrected chi connectivity index (χ2v) is 5.17. The van der Waals surface area contributed by atoms with Gasteiger partial charge in [-0.2, -0.15) is 0 Å². The van der Waals surface area contributed by atoms with Crippen molar-refractivity contribution in [3.8, 4) is 5.75 Å². The lowest BCUT2D eigenvalue weighted by molar-refractivity contribution is 0.0752. The average molecular weight is 233 g/mol. The highest BCUT2D eigenvalue weighted by atomic mass is 16.5. The van der Waals surface area contributed by atoms with Gasteiger partial charge in [0, 0.05) is 6.42 Å². The van der Waals surface area contributed by atoms with Crippen molar-refractivity contribution < 1.29 is 9.53 Å². The van der Waals surface area contributed by atoms with Gasteiger partial charge in [-0.15, -0.1) is 0 Å². The first kappa shape index (κ1) is 12.1. The topological polar surface area (TPSA) is 29.5 Å². The van der Waals surface area contributed by atoms with Crippen molar-refractivity contribution in [3.05, 3.63) is 29.3 Å². The molecule has 92 valence electrons. The van der Waals surface area contributed by atoms with Crippen LogP contribution in [0.2, 0.25) is 0 Å². The average Bonchev–Trinajstić information content (AvgIpc) is 2.75. The molecule has 0 saturated heterocycles. The zero-order valence-electron chi connectivity index (χ0n) is 10.9. The highest BCUT2D eigenvalue weighted by Crippen LogP contribution is 2.32. The molecule has 0 atom stereocenters. The summed E-state index contributed by atoms with van der Waals surface area (Å²) in [6.07, 6.45) is 0.902. The van der Waals surface area contributed by atoms with Crippen LogP contribution >= 0.6 is 0 Å². The first-order valence-electron chi connectivity index (χ1n) is 5.91. The van der Waals surface area contributed by atoms with Crippen LogP contribution in [-0.4, -0.2) is 36.9 Å². The lowest BCUT2D eigenvalue weighted by Gasteiger charge is -2.31. The van der Waals surface area contributed by atoms with E-state index >= 15 is 0 Å². The van der Waals surface area contributed by atoms with E-state index in [-0.39, 0.29) is 5.78 Å². The maximum absolute atomic E-state index is 12.5. The summed E-state index contributed by atoms with van der Waals surface area (Å²) in [5.41, 5.74) is 1.34. The highest BCUT2D eigenvalue weighted by Gasteiger charge is 2.34. The molecule has 0 bridgehead atoms. The zero-order chi connectivity index (χ0) is 12.6.